The molecule has 0 saturated carbocycles. The molecule has 0 aliphatic heterocycles. The number of ether oxygens (including phenoxy) is 1. The number of carbonyl (C=O) groups excluding carboxylic acids is 1. The fraction of sp³-hybridized carbons (Fsp3) is 0.190. The lowest BCUT2D eigenvalue weighted by atomic mass is 10.1. The van der Waals surface area contributed by atoms with Crippen LogP contribution in [-0.4, -0.2) is 32.8 Å². The lowest BCUT2D eigenvalue weighted by molar-refractivity contribution is 0.102. The summed E-state index contributed by atoms with van der Waals surface area (Å²) in [6, 6.07) is 15.3. The molecule has 7 heteroatoms. The Morgan fingerprint density at radius 1 is 1.18 bits per heavy atom. The fourth-order valence-corrected chi connectivity index (χ4v) is 3.17. The minimum atomic E-state index is -0.283. The number of benzene rings is 2. The molecule has 0 radical (unpaired) electrons. The van der Waals surface area contributed by atoms with Crippen molar-refractivity contribution in [2.45, 2.75) is 20.4 Å². The molecule has 28 heavy (non-hydrogen) atoms. The van der Waals surface area contributed by atoms with Crippen molar-refractivity contribution in [1.29, 1.82) is 0 Å². The summed E-state index contributed by atoms with van der Waals surface area (Å²) in [5.74, 6) is 1.01. The van der Waals surface area contributed by atoms with Gasteiger partial charge >= 0.3 is 0 Å². The number of rotatable bonds is 5. The van der Waals surface area contributed by atoms with Crippen molar-refractivity contribution in [2.75, 3.05) is 12.4 Å². The van der Waals surface area contributed by atoms with E-state index in [4.69, 9.17) is 4.74 Å². The number of aromatic amines is 1. The second-order valence-corrected chi connectivity index (χ2v) is 6.52. The predicted octanol–water partition coefficient (Wildman–Crippen LogP) is 4.02. The van der Waals surface area contributed by atoms with Crippen LogP contribution in [0.3, 0.4) is 0 Å². The lowest BCUT2D eigenvalue weighted by Crippen LogP contribution is -2.16. The number of carbonyl (C=O) groups is 1. The Balaban J connectivity index is 1.59. The van der Waals surface area contributed by atoms with Crippen LogP contribution in [0.2, 0.25) is 0 Å². The molecule has 2 N–H and O–H groups in total. The molecule has 0 bridgehead atoms. The summed E-state index contributed by atoms with van der Waals surface area (Å²) < 4.78 is 7.15. The highest BCUT2D eigenvalue weighted by Crippen LogP contribution is 2.23. The van der Waals surface area contributed by atoms with Gasteiger partial charge in [0.05, 0.1) is 23.8 Å². The van der Waals surface area contributed by atoms with Crippen molar-refractivity contribution in [3.05, 3.63) is 59.8 Å². The van der Waals surface area contributed by atoms with E-state index in [1.807, 2.05) is 60.9 Å². The molecule has 142 valence electrons. The average Bonchev–Trinajstić information content (AvgIpc) is 3.32. The molecule has 0 unspecified atom stereocenters. The molecule has 0 fully saturated rings. The molecular formula is C21H21N5O2. The first-order valence-electron chi connectivity index (χ1n) is 9.07. The number of hydrogen-bond acceptors (Lipinski definition) is 4. The first-order chi connectivity index (χ1) is 13.6. The van der Waals surface area contributed by atoms with Gasteiger partial charge in [0.1, 0.15) is 11.4 Å². The van der Waals surface area contributed by atoms with Crippen LogP contribution in [0.15, 0.2) is 48.5 Å². The number of anilines is 1. The maximum atomic E-state index is 12.7. The third-order valence-electron chi connectivity index (χ3n) is 4.65. The summed E-state index contributed by atoms with van der Waals surface area (Å²) in [6.45, 7) is 4.75. The van der Waals surface area contributed by atoms with Crippen molar-refractivity contribution >= 4 is 22.9 Å². The van der Waals surface area contributed by atoms with Crippen LogP contribution in [0.5, 0.6) is 5.75 Å². The van der Waals surface area contributed by atoms with Gasteiger partial charge in [0, 0.05) is 12.1 Å². The first-order valence-corrected chi connectivity index (χ1v) is 9.07. The SMILES string of the molecule is CCn1c(NC(=O)c2cc(-c3ccc(OC)cc3)n[nH]2)nc2cc(C)ccc21. The van der Waals surface area contributed by atoms with Gasteiger partial charge in [0.25, 0.3) is 5.91 Å². The number of amides is 1. The summed E-state index contributed by atoms with van der Waals surface area (Å²) in [5.41, 5.74) is 4.94. The molecule has 0 aliphatic rings. The van der Waals surface area contributed by atoms with Crippen LogP contribution in [0.4, 0.5) is 5.95 Å². The smallest absolute Gasteiger partial charge is 0.275 e. The van der Waals surface area contributed by atoms with E-state index < -0.39 is 0 Å². The van der Waals surface area contributed by atoms with Crippen molar-refractivity contribution in [2.24, 2.45) is 0 Å². The Bertz CT molecular complexity index is 1140. The monoisotopic (exact) mass is 375 g/mol. The lowest BCUT2D eigenvalue weighted by Gasteiger charge is -2.06. The Morgan fingerprint density at radius 3 is 2.68 bits per heavy atom. The molecule has 7 nitrogen and oxygen atoms in total. The number of nitrogens with zero attached hydrogens (tertiary/aromatic N) is 3. The van der Waals surface area contributed by atoms with E-state index in [0.29, 0.717) is 23.9 Å². The topological polar surface area (TPSA) is 84.8 Å². The van der Waals surface area contributed by atoms with Crippen LogP contribution in [-0.2, 0) is 6.54 Å². The van der Waals surface area contributed by atoms with Crippen molar-refractivity contribution in [1.82, 2.24) is 19.7 Å². The van der Waals surface area contributed by atoms with Gasteiger partial charge in [0.2, 0.25) is 5.95 Å². The quantitative estimate of drug-likeness (QED) is 0.552. The molecule has 4 aromatic rings. The Labute approximate surface area is 162 Å². The molecule has 0 atom stereocenters. The van der Waals surface area contributed by atoms with Gasteiger partial charge in [0.15, 0.2) is 0 Å². The second-order valence-electron chi connectivity index (χ2n) is 6.52. The van der Waals surface area contributed by atoms with Gasteiger partial charge in [-0.2, -0.15) is 5.10 Å². The van der Waals surface area contributed by atoms with E-state index >= 15 is 0 Å². The number of aromatic nitrogens is 4. The van der Waals surface area contributed by atoms with E-state index in [9.17, 15) is 4.79 Å². The minimum Gasteiger partial charge on any atom is -0.497 e. The molecule has 4 rings (SSSR count). The number of imidazole rings is 1. The molecule has 0 aliphatic carbocycles. The predicted molar refractivity (Wildman–Crippen MR) is 109 cm³/mol. The van der Waals surface area contributed by atoms with E-state index in [-0.39, 0.29) is 5.91 Å². The third-order valence-corrected chi connectivity index (χ3v) is 4.65. The van der Waals surface area contributed by atoms with Crippen LogP contribution in [0.1, 0.15) is 23.0 Å². The van der Waals surface area contributed by atoms with Gasteiger partial charge < -0.3 is 9.30 Å². The van der Waals surface area contributed by atoms with E-state index in [1.54, 1.807) is 13.2 Å². The van der Waals surface area contributed by atoms with Crippen LogP contribution < -0.4 is 10.1 Å². The standard InChI is InChI=1S/C21H21N5O2/c1-4-26-19-10-5-13(2)11-17(19)22-21(26)23-20(27)18-12-16(24-25-18)14-6-8-15(28-3)9-7-14/h5-12H,4H2,1-3H3,(H,24,25)(H,22,23,27). The number of nitrogens with one attached hydrogen (secondary N) is 2. The van der Waals surface area contributed by atoms with Gasteiger partial charge in [-0.15, -0.1) is 0 Å². The van der Waals surface area contributed by atoms with E-state index in [1.165, 1.54) is 0 Å². The first kappa shape index (κ1) is 17.8. The molecule has 2 aromatic heterocycles. The molecule has 2 heterocycles. The third kappa shape index (κ3) is 3.22. The maximum Gasteiger partial charge on any atom is 0.275 e. The summed E-state index contributed by atoms with van der Waals surface area (Å²) in [7, 11) is 1.62. The van der Waals surface area contributed by atoms with Gasteiger partial charge in [-0.05, 0) is 61.9 Å². The number of hydrogen-bond donors (Lipinski definition) is 2. The van der Waals surface area contributed by atoms with Crippen molar-refractivity contribution in [3.8, 4) is 17.0 Å². The van der Waals surface area contributed by atoms with Crippen LogP contribution >= 0.6 is 0 Å². The normalized spacial score (nSPS) is 11.0. The highest BCUT2D eigenvalue weighted by Gasteiger charge is 2.16. The maximum absolute atomic E-state index is 12.7. The van der Waals surface area contributed by atoms with E-state index in [0.717, 1.165) is 27.9 Å². The zero-order chi connectivity index (χ0) is 19.7. The Morgan fingerprint density at radius 2 is 1.96 bits per heavy atom. The largest absolute Gasteiger partial charge is 0.497 e. The highest BCUT2D eigenvalue weighted by molar-refractivity contribution is 6.03. The van der Waals surface area contributed by atoms with Crippen LogP contribution in [0.25, 0.3) is 22.3 Å². The highest BCUT2D eigenvalue weighted by atomic mass is 16.5. The van der Waals surface area contributed by atoms with Gasteiger partial charge in [-0.25, -0.2) is 4.98 Å². The molecule has 0 spiro atoms. The van der Waals surface area contributed by atoms with Crippen LogP contribution in [0, 0.1) is 6.92 Å². The Kier molecular flexibility index (Phi) is 4.57. The fourth-order valence-electron chi connectivity index (χ4n) is 3.17. The summed E-state index contributed by atoms with van der Waals surface area (Å²) in [4.78, 5) is 17.3. The zero-order valence-corrected chi connectivity index (χ0v) is 16.0. The van der Waals surface area contributed by atoms with Crippen molar-refractivity contribution in [3.63, 3.8) is 0 Å². The summed E-state index contributed by atoms with van der Waals surface area (Å²) >= 11 is 0. The molecule has 0 saturated heterocycles. The Hall–Kier alpha value is -3.61. The minimum absolute atomic E-state index is 0.283. The average molecular weight is 375 g/mol. The van der Waals surface area contributed by atoms with Gasteiger partial charge in [-0.3, -0.25) is 15.2 Å². The summed E-state index contributed by atoms with van der Waals surface area (Å²) in [5, 5.41) is 9.94. The molecule has 2 aromatic carbocycles. The number of H-pyrrole nitrogens is 1. The number of aryl methyl sites for hydroxylation is 2. The number of methoxy groups -OCH3 is 1. The van der Waals surface area contributed by atoms with Crippen molar-refractivity contribution < 1.29 is 9.53 Å². The molecule has 1 amide bonds. The summed E-state index contributed by atoms with van der Waals surface area (Å²) in [6.07, 6.45) is 0. The van der Waals surface area contributed by atoms with E-state index in [2.05, 4.69) is 20.5 Å². The molecular weight excluding hydrogens is 354 g/mol. The second kappa shape index (κ2) is 7.19. The van der Waals surface area contributed by atoms with Gasteiger partial charge in [-0.1, -0.05) is 6.07 Å². The number of fused-ring (bicyclic) bond motifs is 1. The zero-order valence-electron chi connectivity index (χ0n) is 16.0.